The van der Waals surface area contributed by atoms with Crippen LogP contribution in [0.4, 0.5) is 16.3 Å². The van der Waals surface area contributed by atoms with E-state index in [0.29, 0.717) is 35.5 Å². The van der Waals surface area contributed by atoms with Gasteiger partial charge in [-0.05, 0) is 43.0 Å². The van der Waals surface area contributed by atoms with Crippen LogP contribution in [0.5, 0.6) is 11.5 Å². The average Bonchev–Trinajstić information content (AvgIpc) is 3.30. The number of hydrogen-bond acceptors (Lipinski definition) is 5. The van der Waals surface area contributed by atoms with E-state index in [0.717, 1.165) is 23.4 Å². The van der Waals surface area contributed by atoms with E-state index >= 15 is 0 Å². The van der Waals surface area contributed by atoms with Gasteiger partial charge in [-0.25, -0.2) is 9.48 Å². The van der Waals surface area contributed by atoms with Crippen molar-refractivity contribution in [3.05, 3.63) is 59.8 Å². The second kappa shape index (κ2) is 12.7. The number of carbonyl (C=O) groups excluding carboxylic acids is 2. The molecule has 9 heteroatoms. The molecule has 0 aliphatic rings. The van der Waals surface area contributed by atoms with E-state index in [1.54, 1.807) is 30.0 Å². The number of carbonyl (C=O) groups is 2. The fraction of sp³-hybridized carbons (Fsp3) is 0.433. The fourth-order valence-corrected chi connectivity index (χ4v) is 3.94. The largest absolute Gasteiger partial charge is 0.497 e. The van der Waals surface area contributed by atoms with Crippen molar-refractivity contribution in [3.8, 4) is 17.2 Å². The summed E-state index contributed by atoms with van der Waals surface area (Å²) in [5, 5.41) is 10.7. The highest BCUT2D eigenvalue weighted by Gasteiger charge is 2.24. The molecule has 3 rings (SSSR count). The minimum absolute atomic E-state index is 0.124. The van der Waals surface area contributed by atoms with Crippen LogP contribution in [-0.4, -0.2) is 53.9 Å². The fourth-order valence-electron chi connectivity index (χ4n) is 3.94. The number of hydrogen-bond donors (Lipinski definition) is 2. The van der Waals surface area contributed by atoms with E-state index in [4.69, 9.17) is 14.6 Å². The van der Waals surface area contributed by atoms with E-state index in [2.05, 4.69) is 45.3 Å². The van der Waals surface area contributed by atoms with Crippen LogP contribution < -0.4 is 20.1 Å². The van der Waals surface area contributed by atoms with Gasteiger partial charge in [0, 0.05) is 24.1 Å². The van der Waals surface area contributed by atoms with Crippen LogP contribution in [0.25, 0.3) is 5.69 Å². The van der Waals surface area contributed by atoms with Crippen molar-refractivity contribution >= 4 is 23.4 Å². The molecular formula is C30H41N5O4. The third-order valence-electron chi connectivity index (χ3n) is 6.34. The summed E-state index contributed by atoms with van der Waals surface area (Å²) in [5.41, 5.74) is 3.04. The van der Waals surface area contributed by atoms with Crippen LogP contribution in [0.1, 0.15) is 52.3 Å². The number of nitrogens with one attached hydrogen (secondary N) is 2. The molecule has 0 spiro atoms. The SMILES string of the molecule is COc1ccc(NC(=O)N(CCC(C)C)CC(=O)Nc2cc(C(C)(C)C)nn2-c2ccccc2C)c(OC)c1. The Labute approximate surface area is 231 Å². The van der Waals surface area contributed by atoms with E-state index in [1.165, 1.54) is 12.0 Å². The van der Waals surface area contributed by atoms with Gasteiger partial charge in [0.2, 0.25) is 5.91 Å². The maximum atomic E-state index is 13.3. The van der Waals surface area contributed by atoms with Crippen LogP contribution in [0.3, 0.4) is 0 Å². The summed E-state index contributed by atoms with van der Waals surface area (Å²) >= 11 is 0. The van der Waals surface area contributed by atoms with Gasteiger partial charge in [0.25, 0.3) is 0 Å². The molecule has 0 fully saturated rings. The zero-order valence-electron chi connectivity index (χ0n) is 24.3. The first-order chi connectivity index (χ1) is 18.4. The highest BCUT2D eigenvalue weighted by molar-refractivity contribution is 5.97. The lowest BCUT2D eigenvalue weighted by Crippen LogP contribution is -2.41. The first-order valence-corrected chi connectivity index (χ1v) is 13.2. The number of aryl methyl sites for hydroxylation is 1. The average molecular weight is 536 g/mol. The number of urea groups is 1. The number of aromatic nitrogens is 2. The molecule has 0 aliphatic heterocycles. The lowest BCUT2D eigenvalue weighted by molar-refractivity contribution is -0.116. The van der Waals surface area contributed by atoms with Crippen LogP contribution >= 0.6 is 0 Å². The van der Waals surface area contributed by atoms with Crippen LogP contribution in [0.2, 0.25) is 0 Å². The number of rotatable bonds is 10. The minimum Gasteiger partial charge on any atom is -0.497 e. The Balaban J connectivity index is 1.85. The third kappa shape index (κ3) is 7.75. The van der Waals surface area contributed by atoms with E-state index < -0.39 is 6.03 Å². The number of ether oxygens (including phenoxy) is 2. The van der Waals surface area contributed by atoms with Gasteiger partial charge in [-0.3, -0.25) is 4.79 Å². The van der Waals surface area contributed by atoms with Crippen molar-refractivity contribution < 1.29 is 19.1 Å². The Hall–Kier alpha value is -4.01. The summed E-state index contributed by atoms with van der Waals surface area (Å²) < 4.78 is 12.4. The van der Waals surface area contributed by atoms with Crippen molar-refractivity contribution in [2.75, 3.05) is 37.9 Å². The predicted octanol–water partition coefficient (Wildman–Crippen LogP) is 6.01. The summed E-state index contributed by atoms with van der Waals surface area (Å²) in [7, 11) is 3.09. The minimum atomic E-state index is -0.392. The van der Waals surface area contributed by atoms with E-state index in [1.807, 2.05) is 37.3 Å². The van der Waals surface area contributed by atoms with Crippen molar-refractivity contribution in [2.24, 2.45) is 5.92 Å². The Morgan fingerprint density at radius 3 is 2.36 bits per heavy atom. The zero-order valence-corrected chi connectivity index (χ0v) is 24.3. The van der Waals surface area contributed by atoms with Gasteiger partial charge in [-0.2, -0.15) is 5.10 Å². The molecule has 0 unspecified atom stereocenters. The molecule has 0 radical (unpaired) electrons. The molecule has 3 amide bonds. The number of methoxy groups -OCH3 is 2. The quantitative estimate of drug-likeness (QED) is 0.331. The molecule has 210 valence electrons. The molecule has 39 heavy (non-hydrogen) atoms. The molecule has 0 saturated heterocycles. The molecule has 1 aromatic heterocycles. The zero-order chi connectivity index (χ0) is 28.7. The highest BCUT2D eigenvalue weighted by atomic mass is 16.5. The van der Waals surface area contributed by atoms with E-state index in [-0.39, 0.29) is 17.9 Å². The van der Waals surface area contributed by atoms with Gasteiger partial charge in [0.1, 0.15) is 23.9 Å². The number of para-hydroxylation sites is 1. The van der Waals surface area contributed by atoms with Crippen molar-refractivity contribution in [3.63, 3.8) is 0 Å². The lowest BCUT2D eigenvalue weighted by Gasteiger charge is -2.24. The Morgan fingerprint density at radius 2 is 1.74 bits per heavy atom. The molecule has 0 aliphatic carbocycles. The van der Waals surface area contributed by atoms with E-state index in [9.17, 15) is 9.59 Å². The Bertz CT molecular complexity index is 1290. The maximum Gasteiger partial charge on any atom is 0.322 e. The monoisotopic (exact) mass is 535 g/mol. The van der Waals surface area contributed by atoms with Crippen LogP contribution in [-0.2, 0) is 10.2 Å². The number of benzene rings is 2. The normalized spacial score (nSPS) is 11.3. The van der Waals surface area contributed by atoms with Gasteiger partial charge in [0.15, 0.2) is 0 Å². The van der Waals surface area contributed by atoms with Crippen molar-refractivity contribution in [1.29, 1.82) is 0 Å². The van der Waals surface area contributed by atoms with Gasteiger partial charge in [-0.1, -0.05) is 52.8 Å². The molecular weight excluding hydrogens is 494 g/mol. The van der Waals surface area contributed by atoms with Crippen LogP contribution in [0, 0.1) is 12.8 Å². The maximum absolute atomic E-state index is 13.3. The molecule has 2 aromatic carbocycles. The second-order valence-corrected chi connectivity index (χ2v) is 11.0. The standard InChI is InChI=1S/C30H41N5O4/c1-20(2)15-16-34(29(37)31-23-14-13-22(38-7)17-25(23)39-8)19-28(36)32-27-18-26(30(4,5)6)33-35(27)24-12-10-9-11-21(24)3/h9-14,17-18,20H,15-16,19H2,1-8H3,(H,31,37)(H,32,36). The molecule has 2 N–H and O–H groups in total. The second-order valence-electron chi connectivity index (χ2n) is 11.0. The lowest BCUT2D eigenvalue weighted by atomic mass is 9.92. The first kappa shape index (κ1) is 29.5. The van der Waals surface area contributed by atoms with Gasteiger partial charge < -0.3 is 25.0 Å². The summed E-state index contributed by atoms with van der Waals surface area (Å²) in [6, 6.07) is 14.5. The Kier molecular flexibility index (Phi) is 9.61. The molecule has 1 heterocycles. The topological polar surface area (TPSA) is 97.7 Å². The molecule has 0 atom stereocenters. The third-order valence-corrected chi connectivity index (χ3v) is 6.34. The molecule has 9 nitrogen and oxygen atoms in total. The summed E-state index contributed by atoms with van der Waals surface area (Å²) in [6.07, 6.45) is 0.746. The van der Waals surface area contributed by atoms with Gasteiger partial charge >= 0.3 is 6.03 Å². The summed E-state index contributed by atoms with van der Waals surface area (Å²) in [4.78, 5) is 28.2. The molecule has 0 saturated carbocycles. The summed E-state index contributed by atoms with van der Waals surface area (Å²) in [6.45, 7) is 12.7. The van der Waals surface area contributed by atoms with Crippen molar-refractivity contribution in [1.82, 2.24) is 14.7 Å². The highest BCUT2D eigenvalue weighted by Crippen LogP contribution is 2.30. The number of nitrogens with zero attached hydrogens (tertiary/aromatic N) is 3. The molecule has 0 bridgehead atoms. The van der Waals surface area contributed by atoms with Gasteiger partial charge in [-0.15, -0.1) is 0 Å². The number of amides is 3. The number of anilines is 2. The van der Waals surface area contributed by atoms with Crippen molar-refractivity contribution in [2.45, 2.75) is 53.4 Å². The Morgan fingerprint density at radius 1 is 1.03 bits per heavy atom. The predicted molar refractivity (Wildman–Crippen MR) is 155 cm³/mol. The first-order valence-electron chi connectivity index (χ1n) is 13.2. The summed E-state index contributed by atoms with van der Waals surface area (Å²) in [5.74, 6) is 1.68. The van der Waals surface area contributed by atoms with Crippen LogP contribution in [0.15, 0.2) is 48.5 Å². The smallest absolute Gasteiger partial charge is 0.322 e. The van der Waals surface area contributed by atoms with Gasteiger partial charge in [0.05, 0.1) is 31.3 Å². The molecule has 3 aromatic rings.